The van der Waals surface area contributed by atoms with Gasteiger partial charge < -0.3 is 38.8 Å². The Hall–Kier alpha value is -0.970. The Bertz CT molecular complexity index is 349. The molecule has 0 radical (unpaired) electrons. The van der Waals surface area contributed by atoms with E-state index in [2.05, 4.69) is 5.32 Å². The standard InChI is InChI=1S/C19H39NO8/c1-19(2,3)28-18(22)20-6-4-5-8-23-10-12-25-14-16-27-17-15-26-13-11-24-9-7-21/h21H,4-17H2,1-3H3,(H,20,22). The third-order valence-electron chi connectivity index (χ3n) is 3.11. The molecule has 0 atom stereocenters. The van der Waals surface area contributed by atoms with Gasteiger partial charge in [0.2, 0.25) is 0 Å². The Morgan fingerprint density at radius 2 is 1.14 bits per heavy atom. The van der Waals surface area contributed by atoms with Crippen LogP contribution in [-0.4, -0.2) is 96.0 Å². The van der Waals surface area contributed by atoms with Crippen molar-refractivity contribution in [1.82, 2.24) is 5.32 Å². The minimum absolute atomic E-state index is 0.0292. The van der Waals surface area contributed by atoms with Crippen molar-refractivity contribution in [2.24, 2.45) is 0 Å². The Kier molecular flexibility index (Phi) is 18.7. The fourth-order valence-electron chi connectivity index (χ4n) is 1.88. The molecular weight excluding hydrogens is 370 g/mol. The maximum atomic E-state index is 11.4. The topological polar surface area (TPSA) is 105 Å². The first kappa shape index (κ1) is 27.0. The predicted molar refractivity (Wildman–Crippen MR) is 105 cm³/mol. The molecule has 0 saturated carbocycles. The van der Waals surface area contributed by atoms with Crippen molar-refractivity contribution in [3.8, 4) is 0 Å². The third kappa shape index (κ3) is 23.1. The van der Waals surface area contributed by atoms with Crippen molar-refractivity contribution in [3.63, 3.8) is 0 Å². The molecule has 168 valence electrons. The number of hydrogen-bond acceptors (Lipinski definition) is 8. The highest BCUT2D eigenvalue weighted by molar-refractivity contribution is 5.67. The highest BCUT2D eigenvalue weighted by Crippen LogP contribution is 2.06. The van der Waals surface area contributed by atoms with Crippen LogP contribution < -0.4 is 5.32 Å². The van der Waals surface area contributed by atoms with Gasteiger partial charge in [0.15, 0.2) is 0 Å². The van der Waals surface area contributed by atoms with Crippen LogP contribution in [0.15, 0.2) is 0 Å². The van der Waals surface area contributed by atoms with Crippen LogP contribution in [-0.2, 0) is 28.4 Å². The molecular formula is C19H39NO8. The van der Waals surface area contributed by atoms with Gasteiger partial charge in [-0.2, -0.15) is 0 Å². The zero-order valence-electron chi connectivity index (χ0n) is 17.7. The summed E-state index contributed by atoms with van der Waals surface area (Å²) < 4.78 is 31.7. The minimum atomic E-state index is -0.470. The molecule has 0 bridgehead atoms. The van der Waals surface area contributed by atoms with Crippen LogP contribution in [0, 0.1) is 0 Å². The highest BCUT2D eigenvalue weighted by atomic mass is 16.6. The molecule has 28 heavy (non-hydrogen) atoms. The van der Waals surface area contributed by atoms with Gasteiger partial charge in [-0.05, 0) is 33.6 Å². The third-order valence-corrected chi connectivity index (χ3v) is 3.11. The molecule has 9 heteroatoms. The largest absolute Gasteiger partial charge is 0.444 e. The monoisotopic (exact) mass is 409 g/mol. The highest BCUT2D eigenvalue weighted by Gasteiger charge is 2.15. The van der Waals surface area contributed by atoms with Crippen LogP contribution in [0.1, 0.15) is 33.6 Å². The summed E-state index contributed by atoms with van der Waals surface area (Å²) in [7, 11) is 0. The van der Waals surface area contributed by atoms with Crippen molar-refractivity contribution in [2.45, 2.75) is 39.2 Å². The molecule has 2 N–H and O–H groups in total. The van der Waals surface area contributed by atoms with Crippen LogP contribution >= 0.6 is 0 Å². The Balaban J connectivity index is 3.11. The number of alkyl carbamates (subject to hydrolysis) is 1. The fourth-order valence-corrected chi connectivity index (χ4v) is 1.88. The van der Waals surface area contributed by atoms with Crippen molar-refractivity contribution in [2.75, 3.05) is 79.2 Å². The van der Waals surface area contributed by atoms with Crippen molar-refractivity contribution in [1.29, 1.82) is 0 Å². The second kappa shape index (κ2) is 19.4. The van der Waals surface area contributed by atoms with Gasteiger partial charge in [0, 0.05) is 13.2 Å². The summed E-state index contributed by atoms with van der Waals surface area (Å²) in [6.07, 6.45) is 1.32. The van der Waals surface area contributed by atoms with Crippen molar-refractivity contribution < 1.29 is 38.3 Å². The van der Waals surface area contributed by atoms with Crippen LogP contribution in [0.5, 0.6) is 0 Å². The molecule has 0 aromatic rings. The lowest BCUT2D eigenvalue weighted by Gasteiger charge is -2.19. The van der Waals surface area contributed by atoms with E-state index in [1.54, 1.807) is 0 Å². The van der Waals surface area contributed by atoms with Gasteiger partial charge in [0.05, 0.1) is 66.1 Å². The zero-order valence-corrected chi connectivity index (χ0v) is 17.7. The molecule has 9 nitrogen and oxygen atoms in total. The van der Waals surface area contributed by atoms with Gasteiger partial charge in [0.25, 0.3) is 0 Å². The Labute approximate surface area is 168 Å². The summed E-state index contributed by atoms with van der Waals surface area (Å²) in [6, 6.07) is 0. The second-order valence-electron chi connectivity index (χ2n) is 6.92. The summed E-state index contributed by atoms with van der Waals surface area (Å²) in [6.45, 7) is 11.2. The lowest BCUT2D eigenvalue weighted by molar-refractivity contribution is -0.0134. The van der Waals surface area contributed by atoms with E-state index in [9.17, 15) is 4.79 Å². The first-order valence-electron chi connectivity index (χ1n) is 9.92. The van der Waals surface area contributed by atoms with Crippen molar-refractivity contribution >= 4 is 6.09 Å². The molecule has 0 spiro atoms. The Morgan fingerprint density at radius 1 is 0.714 bits per heavy atom. The number of hydrogen-bond donors (Lipinski definition) is 2. The number of aliphatic hydroxyl groups excluding tert-OH is 1. The fraction of sp³-hybridized carbons (Fsp3) is 0.947. The van der Waals surface area contributed by atoms with Crippen LogP contribution in [0.4, 0.5) is 4.79 Å². The van der Waals surface area contributed by atoms with Gasteiger partial charge in [-0.1, -0.05) is 0 Å². The van der Waals surface area contributed by atoms with E-state index >= 15 is 0 Å². The van der Waals surface area contributed by atoms with E-state index in [-0.39, 0.29) is 12.7 Å². The van der Waals surface area contributed by atoms with E-state index < -0.39 is 5.60 Å². The molecule has 0 rings (SSSR count). The minimum Gasteiger partial charge on any atom is -0.444 e. The maximum absolute atomic E-state index is 11.4. The van der Waals surface area contributed by atoms with Crippen LogP contribution in [0.2, 0.25) is 0 Å². The van der Waals surface area contributed by atoms with Gasteiger partial charge in [0.1, 0.15) is 5.60 Å². The number of ether oxygens (including phenoxy) is 6. The SMILES string of the molecule is CC(C)(C)OC(=O)NCCCCOCCOCCOCCOCCOCCO. The van der Waals surface area contributed by atoms with Crippen LogP contribution in [0.25, 0.3) is 0 Å². The number of aliphatic hydroxyl groups is 1. The number of amides is 1. The lowest BCUT2D eigenvalue weighted by atomic mass is 10.2. The average Bonchev–Trinajstić information content (AvgIpc) is 2.62. The normalized spacial score (nSPS) is 11.6. The summed E-state index contributed by atoms with van der Waals surface area (Å²) in [4.78, 5) is 11.4. The number of nitrogens with one attached hydrogen (secondary N) is 1. The Morgan fingerprint density at radius 3 is 1.57 bits per heavy atom. The van der Waals surface area contributed by atoms with Gasteiger partial charge >= 0.3 is 6.09 Å². The molecule has 0 aliphatic carbocycles. The summed E-state index contributed by atoms with van der Waals surface area (Å²) in [5.41, 5.74) is -0.470. The quantitative estimate of drug-likeness (QED) is 0.308. The van der Waals surface area contributed by atoms with Crippen molar-refractivity contribution in [3.05, 3.63) is 0 Å². The molecule has 0 aromatic carbocycles. The average molecular weight is 410 g/mol. The van der Waals surface area contributed by atoms with Gasteiger partial charge in [-0.25, -0.2) is 4.79 Å². The molecule has 0 aliphatic heterocycles. The zero-order chi connectivity index (χ0) is 20.9. The summed E-state index contributed by atoms with van der Waals surface area (Å²) >= 11 is 0. The maximum Gasteiger partial charge on any atom is 0.407 e. The smallest absolute Gasteiger partial charge is 0.407 e. The second-order valence-corrected chi connectivity index (χ2v) is 6.92. The number of rotatable bonds is 19. The number of carbonyl (C=O) groups is 1. The van der Waals surface area contributed by atoms with E-state index in [1.807, 2.05) is 20.8 Å². The summed E-state index contributed by atoms with van der Waals surface area (Å²) in [5, 5.41) is 11.2. The predicted octanol–water partition coefficient (Wildman–Crippen LogP) is 1.37. The molecule has 0 aliphatic rings. The number of carbonyl (C=O) groups excluding carboxylic acids is 1. The first-order valence-corrected chi connectivity index (χ1v) is 9.92. The molecule has 0 heterocycles. The molecule has 0 aromatic heterocycles. The molecule has 0 saturated heterocycles. The molecule has 0 unspecified atom stereocenters. The van der Waals surface area contributed by atoms with Gasteiger partial charge in [-0.3, -0.25) is 0 Å². The van der Waals surface area contributed by atoms with E-state index in [0.29, 0.717) is 72.6 Å². The number of unbranched alkanes of at least 4 members (excludes halogenated alkanes) is 1. The van der Waals surface area contributed by atoms with E-state index in [0.717, 1.165) is 12.8 Å². The summed E-state index contributed by atoms with van der Waals surface area (Å²) in [5.74, 6) is 0. The molecule has 0 fully saturated rings. The van der Waals surface area contributed by atoms with E-state index in [4.69, 9.17) is 33.5 Å². The first-order chi connectivity index (χ1) is 13.5. The molecule has 1 amide bonds. The lowest BCUT2D eigenvalue weighted by Crippen LogP contribution is -2.33. The van der Waals surface area contributed by atoms with Crippen LogP contribution in [0.3, 0.4) is 0 Å². The van der Waals surface area contributed by atoms with E-state index in [1.165, 1.54) is 0 Å². The van der Waals surface area contributed by atoms with Gasteiger partial charge in [-0.15, -0.1) is 0 Å².